The van der Waals surface area contributed by atoms with Crippen LogP contribution >= 0.6 is 0 Å². The van der Waals surface area contributed by atoms with Gasteiger partial charge < -0.3 is 14.7 Å². The van der Waals surface area contributed by atoms with Gasteiger partial charge in [-0.15, -0.1) is 0 Å². The van der Waals surface area contributed by atoms with Crippen molar-refractivity contribution in [1.29, 1.82) is 0 Å². The van der Waals surface area contributed by atoms with Crippen LogP contribution in [0.1, 0.15) is 30.2 Å². The zero-order valence-electron chi connectivity index (χ0n) is 11.1. The van der Waals surface area contributed by atoms with Crippen LogP contribution in [0.25, 0.3) is 10.9 Å². The number of hydrogen-bond acceptors (Lipinski definition) is 3. The summed E-state index contributed by atoms with van der Waals surface area (Å²) in [6.07, 6.45) is 3.71. The summed E-state index contributed by atoms with van der Waals surface area (Å²) in [4.78, 5) is 7.46. The first-order chi connectivity index (χ1) is 9.22. The first kappa shape index (κ1) is 12.0. The molecule has 0 amide bonds. The molecule has 2 heterocycles. The van der Waals surface area contributed by atoms with Gasteiger partial charge in [-0.3, -0.25) is 0 Å². The van der Waals surface area contributed by atoms with E-state index in [4.69, 9.17) is 4.42 Å². The fraction of sp³-hybridized carbons (Fsp3) is 0.267. The number of aromatic nitrogens is 2. The number of aromatic amines is 1. The molecular formula is C15H17N3O. The Morgan fingerprint density at radius 3 is 3.05 bits per heavy atom. The molecule has 3 rings (SSSR count). The summed E-state index contributed by atoms with van der Waals surface area (Å²) in [5.74, 6) is 1.58. The average Bonchev–Trinajstić information content (AvgIpc) is 3.03. The lowest BCUT2D eigenvalue weighted by molar-refractivity contribution is 0.402. The van der Waals surface area contributed by atoms with Crippen molar-refractivity contribution >= 4 is 10.9 Å². The number of aryl methyl sites for hydroxylation is 1. The number of fused-ring (bicyclic) bond motifs is 1. The predicted molar refractivity (Wildman–Crippen MR) is 74.8 cm³/mol. The van der Waals surface area contributed by atoms with Crippen molar-refractivity contribution in [3.05, 3.63) is 53.9 Å². The highest BCUT2D eigenvalue weighted by Gasteiger charge is 2.10. The maximum absolute atomic E-state index is 5.51. The van der Waals surface area contributed by atoms with E-state index in [0.717, 1.165) is 18.2 Å². The monoisotopic (exact) mass is 255 g/mol. The highest BCUT2D eigenvalue weighted by Crippen LogP contribution is 2.16. The summed E-state index contributed by atoms with van der Waals surface area (Å²) in [5.41, 5.74) is 2.41. The van der Waals surface area contributed by atoms with Crippen molar-refractivity contribution in [2.75, 3.05) is 0 Å². The molecule has 1 unspecified atom stereocenters. The molecule has 2 N–H and O–H groups in total. The molecule has 0 aliphatic carbocycles. The Hall–Kier alpha value is -2.07. The van der Waals surface area contributed by atoms with E-state index in [-0.39, 0.29) is 6.04 Å². The van der Waals surface area contributed by atoms with Crippen LogP contribution < -0.4 is 5.32 Å². The fourth-order valence-electron chi connectivity index (χ4n) is 2.14. The van der Waals surface area contributed by atoms with Crippen molar-refractivity contribution in [2.45, 2.75) is 26.4 Å². The topological polar surface area (TPSA) is 53.9 Å². The summed E-state index contributed by atoms with van der Waals surface area (Å²) in [6, 6.07) is 8.60. The minimum absolute atomic E-state index is 0.105. The van der Waals surface area contributed by atoms with Gasteiger partial charge in [0.25, 0.3) is 0 Å². The van der Waals surface area contributed by atoms with Crippen molar-refractivity contribution in [1.82, 2.24) is 15.3 Å². The number of hydrogen-bond donors (Lipinski definition) is 2. The molecule has 98 valence electrons. The Labute approximate surface area is 111 Å². The number of benzene rings is 1. The minimum atomic E-state index is 0.105. The summed E-state index contributed by atoms with van der Waals surface area (Å²) in [7, 11) is 0. The molecule has 3 aromatic rings. The Balaban J connectivity index is 1.68. The van der Waals surface area contributed by atoms with Gasteiger partial charge in [0.05, 0.1) is 12.2 Å². The zero-order chi connectivity index (χ0) is 13.2. The molecule has 1 atom stereocenters. The van der Waals surface area contributed by atoms with Gasteiger partial charge in [-0.2, -0.15) is 0 Å². The summed E-state index contributed by atoms with van der Waals surface area (Å²) in [5, 5.41) is 4.65. The second kappa shape index (κ2) is 4.90. The maximum Gasteiger partial charge on any atom is 0.211 e. The highest BCUT2D eigenvalue weighted by atomic mass is 16.4. The van der Waals surface area contributed by atoms with Gasteiger partial charge in [0.2, 0.25) is 5.89 Å². The molecule has 0 aliphatic rings. The van der Waals surface area contributed by atoms with Crippen LogP contribution in [-0.2, 0) is 6.54 Å². The molecule has 0 fully saturated rings. The third-order valence-electron chi connectivity index (χ3n) is 3.24. The minimum Gasteiger partial charge on any atom is -0.444 e. The third-order valence-corrected chi connectivity index (χ3v) is 3.24. The van der Waals surface area contributed by atoms with E-state index in [1.807, 2.05) is 13.1 Å². The molecule has 0 saturated carbocycles. The van der Waals surface area contributed by atoms with Crippen LogP contribution in [0.15, 0.2) is 41.1 Å². The molecule has 1 aromatic carbocycles. The van der Waals surface area contributed by atoms with Gasteiger partial charge in [-0.25, -0.2) is 4.98 Å². The zero-order valence-corrected chi connectivity index (χ0v) is 11.1. The van der Waals surface area contributed by atoms with Crippen molar-refractivity contribution < 1.29 is 4.42 Å². The highest BCUT2D eigenvalue weighted by molar-refractivity contribution is 5.79. The van der Waals surface area contributed by atoms with Crippen LogP contribution in [0.3, 0.4) is 0 Å². The number of oxazole rings is 1. The summed E-state index contributed by atoms with van der Waals surface area (Å²) in [6.45, 7) is 4.75. The summed E-state index contributed by atoms with van der Waals surface area (Å²) >= 11 is 0. The maximum atomic E-state index is 5.51. The largest absolute Gasteiger partial charge is 0.444 e. The van der Waals surface area contributed by atoms with Crippen LogP contribution in [0.4, 0.5) is 0 Å². The number of H-pyrrole nitrogens is 1. The second-order valence-electron chi connectivity index (χ2n) is 4.81. The van der Waals surface area contributed by atoms with E-state index in [9.17, 15) is 0 Å². The molecule has 2 aromatic heterocycles. The van der Waals surface area contributed by atoms with Crippen LogP contribution in [-0.4, -0.2) is 9.97 Å². The average molecular weight is 255 g/mol. The van der Waals surface area contributed by atoms with E-state index in [1.54, 1.807) is 6.20 Å². The second-order valence-corrected chi connectivity index (χ2v) is 4.81. The van der Waals surface area contributed by atoms with E-state index >= 15 is 0 Å². The number of nitrogens with zero attached hydrogens (tertiary/aromatic N) is 1. The van der Waals surface area contributed by atoms with Gasteiger partial charge in [0.15, 0.2) is 0 Å². The van der Waals surface area contributed by atoms with E-state index in [1.165, 1.54) is 16.5 Å². The molecule has 4 heteroatoms. The standard InChI is InChI=1S/C15H17N3O/c1-10-8-18-15(19-10)11(2)17-9-12-3-4-13-5-6-16-14(13)7-12/h3-8,11,16-17H,9H2,1-2H3. The Morgan fingerprint density at radius 1 is 1.37 bits per heavy atom. The first-order valence-corrected chi connectivity index (χ1v) is 6.44. The van der Waals surface area contributed by atoms with E-state index in [0.29, 0.717) is 0 Å². The molecule has 0 saturated heterocycles. The van der Waals surface area contributed by atoms with Gasteiger partial charge in [0.1, 0.15) is 5.76 Å². The van der Waals surface area contributed by atoms with E-state index < -0.39 is 0 Å². The molecule has 0 spiro atoms. The van der Waals surface area contributed by atoms with Gasteiger partial charge in [0, 0.05) is 18.3 Å². The number of nitrogens with one attached hydrogen (secondary N) is 2. The van der Waals surface area contributed by atoms with Crippen LogP contribution in [0.5, 0.6) is 0 Å². The van der Waals surface area contributed by atoms with Gasteiger partial charge >= 0.3 is 0 Å². The summed E-state index contributed by atoms with van der Waals surface area (Å²) < 4.78 is 5.51. The van der Waals surface area contributed by atoms with Gasteiger partial charge in [-0.1, -0.05) is 12.1 Å². The van der Waals surface area contributed by atoms with Crippen molar-refractivity contribution in [3.63, 3.8) is 0 Å². The molecule has 0 radical (unpaired) electrons. The Kier molecular flexibility index (Phi) is 3.09. The first-order valence-electron chi connectivity index (χ1n) is 6.44. The Bertz CT molecular complexity index is 683. The van der Waals surface area contributed by atoms with Crippen LogP contribution in [0, 0.1) is 6.92 Å². The third kappa shape index (κ3) is 2.53. The molecule has 4 nitrogen and oxygen atoms in total. The lowest BCUT2D eigenvalue weighted by atomic mass is 10.1. The van der Waals surface area contributed by atoms with Crippen molar-refractivity contribution in [2.24, 2.45) is 0 Å². The molecule has 19 heavy (non-hydrogen) atoms. The van der Waals surface area contributed by atoms with Crippen molar-refractivity contribution in [3.8, 4) is 0 Å². The van der Waals surface area contributed by atoms with Crippen LogP contribution in [0.2, 0.25) is 0 Å². The number of rotatable bonds is 4. The fourth-order valence-corrected chi connectivity index (χ4v) is 2.14. The quantitative estimate of drug-likeness (QED) is 0.752. The molecule has 0 bridgehead atoms. The van der Waals surface area contributed by atoms with E-state index in [2.05, 4.69) is 46.5 Å². The Morgan fingerprint density at radius 2 is 2.26 bits per heavy atom. The lowest BCUT2D eigenvalue weighted by Gasteiger charge is -2.10. The lowest BCUT2D eigenvalue weighted by Crippen LogP contribution is -2.18. The smallest absolute Gasteiger partial charge is 0.211 e. The van der Waals surface area contributed by atoms with Gasteiger partial charge in [-0.05, 0) is 36.9 Å². The normalized spacial score (nSPS) is 12.9. The molecule has 0 aliphatic heterocycles. The predicted octanol–water partition coefficient (Wildman–Crippen LogP) is 3.32. The molecular weight excluding hydrogens is 238 g/mol. The SMILES string of the molecule is Cc1cnc(C(C)NCc2ccc3cc[nH]c3c2)o1.